The normalized spacial score (nSPS) is 10.8. The molecule has 0 saturated carbocycles. The number of fused-ring (bicyclic) bond motifs is 1. The maximum Gasteiger partial charge on any atom is 0.203 e. The number of nitrogens with two attached hydrogens (primary N) is 1. The maximum atomic E-state index is 5.82. The molecule has 0 amide bonds. The molecule has 1 aromatic carbocycles. The van der Waals surface area contributed by atoms with Gasteiger partial charge in [-0.25, -0.2) is 0 Å². The third-order valence-corrected chi connectivity index (χ3v) is 3.01. The van der Waals surface area contributed by atoms with E-state index in [0.29, 0.717) is 12.3 Å². The molecular formula is C15H16N4O. The average molecular weight is 268 g/mol. The minimum atomic E-state index is 0.667. The van der Waals surface area contributed by atoms with Gasteiger partial charge in [0.1, 0.15) is 0 Å². The zero-order valence-corrected chi connectivity index (χ0v) is 11.3. The van der Waals surface area contributed by atoms with Crippen molar-refractivity contribution in [1.82, 2.24) is 14.6 Å². The molecule has 0 unspecified atom stereocenters. The minimum absolute atomic E-state index is 0.667. The quantitative estimate of drug-likeness (QED) is 0.739. The van der Waals surface area contributed by atoms with Gasteiger partial charge in [-0.3, -0.25) is 4.40 Å². The molecule has 5 heteroatoms. The Hall–Kier alpha value is -2.56. The SMILES string of the molecule is CCCOc1cccn2c(-c3cccc(N)c3)nnc12. The standard InChI is InChI=1S/C15H16N4O/c1-2-9-20-13-7-4-8-19-14(17-18-15(13)19)11-5-3-6-12(16)10-11/h3-8,10H,2,9,16H2,1H3. The van der Waals surface area contributed by atoms with E-state index in [1.807, 2.05) is 47.0 Å². The first kappa shape index (κ1) is 12.5. The number of ether oxygens (including phenoxy) is 1. The van der Waals surface area contributed by atoms with Gasteiger partial charge in [-0.1, -0.05) is 19.1 Å². The fraction of sp³-hybridized carbons (Fsp3) is 0.200. The Morgan fingerprint density at radius 1 is 1.20 bits per heavy atom. The van der Waals surface area contributed by atoms with Crippen molar-refractivity contribution >= 4 is 11.3 Å². The highest BCUT2D eigenvalue weighted by Gasteiger charge is 2.11. The third-order valence-electron chi connectivity index (χ3n) is 3.01. The molecule has 102 valence electrons. The molecular weight excluding hydrogens is 252 g/mol. The fourth-order valence-corrected chi connectivity index (χ4v) is 2.09. The summed E-state index contributed by atoms with van der Waals surface area (Å²) in [4.78, 5) is 0. The first-order valence-corrected chi connectivity index (χ1v) is 6.62. The van der Waals surface area contributed by atoms with E-state index in [9.17, 15) is 0 Å². The lowest BCUT2D eigenvalue weighted by Gasteiger charge is -2.06. The van der Waals surface area contributed by atoms with Gasteiger partial charge in [0.25, 0.3) is 0 Å². The number of hydrogen-bond acceptors (Lipinski definition) is 4. The zero-order valence-electron chi connectivity index (χ0n) is 11.3. The van der Waals surface area contributed by atoms with Crippen LogP contribution in [0.2, 0.25) is 0 Å². The lowest BCUT2D eigenvalue weighted by Crippen LogP contribution is -1.98. The monoisotopic (exact) mass is 268 g/mol. The number of rotatable bonds is 4. The summed E-state index contributed by atoms with van der Waals surface area (Å²) in [5, 5.41) is 8.48. The maximum absolute atomic E-state index is 5.82. The van der Waals surface area contributed by atoms with Gasteiger partial charge in [-0.15, -0.1) is 10.2 Å². The van der Waals surface area contributed by atoms with Crippen LogP contribution in [0.3, 0.4) is 0 Å². The van der Waals surface area contributed by atoms with Crippen LogP contribution >= 0.6 is 0 Å². The summed E-state index contributed by atoms with van der Waals surface area (Å²) >= 11 is 0. The van der Waals surface area contributed by atoms with Crippen molar-refractivity contribution in [3.05, 3.63) is 42.6 Å². The average Bonchev–Trinajstić information content (AvgIpc) is 2.89. The summed E-state index contributed by atoms with van der Waals surface area (Å²) in [5.41, 5.74) is 8.18. The molecule has 0 aliphatic rings. The minimum Gasteiger partial charge on any atom is -0.490 e. The van der Waals surface area contributed by atoms with Crippen molar-refractivity contribution in [3.8, 4) is 17.1 Å². The van der Waals surface area contributed by atoms with Crippen molar-refractivity contribution in [3.63, 3.8) is 0 Å². The third kappa shape index (κ3) is 2.18. The molecule has 0 spiro atoms. The molecule has 2 aromatic heterocycles. The van der Waals surface area contributed by atoms with E-state index in [4.69, 9.17) is 10.5 Å². The molecule has 0 saturated heterocycles. The Bertz CT molecular complexity index is 736. The van der Waals surface area contributed by atoms with Gasteiger partial charge in [-0.2, -0.15) is 0 Å². The van der Waals surface area contributed by atoms with Crippen LogP contribution in [0.1, 0.15) is 13.3 Å². The van der Waals surface area contributed by atoms with Crippen molar-refractivity contribution in [2.75, 3.05) is 12.3 Å². The van der Waals surface area contributed by atoms with E-state index in [0.717, 1.165) is 29.2 Å². The number of aromatic nitrogens is 3. The highest BCUT2D eigenvalue weighted by atomic mass is 16.5. The largest absolute Gasteiger partial charge is 0.490 e. The summed E-state index contributed by atoms with van der Waals surface area (Å²) in [6, 6.07) is 11.4. The van der Waals surface area contributed by atoms with Crippen LogP contribution in [0, 0.1) is 0 Å². The molecule has 2 N–H and O–H groups in total. The Morgan fingerprint density at radius 2 is 2.10 bits per heavy atom. The second-order valence-corrected chi connectivity index (χ2v) is 4.56. The Labute approximate surface area is 117 Å². The highest BCUT2D eigenvalue weighted by molar-refractivity contribution is 5.66. The smallest absolute Gasteiger partial charge is 0.203 e. The number of nitrogens with zero attached hydrogens (tertiary/aromatic N) is 3. The molecule has 0 fully saturated rings. The lowest BCUT2D eigenvalue weighted by atomic mass is 10.2. The Morgan fingerprint density at radius 3 is 2.90 bits per heavy atom. The highest BCUT2D eigenvalue weighted by Crippen LogP contribution is 2.24. The van der Waals surface area contributed by atoms with Gasteiger partial charge >= 0.3 is 0 Å². The Kier molecular flexibility index (Phi) is 3.25. The number of anilines is 1. The lowest BCUT2D eigenvalue weighted by molar-refractivity contribution is 0.319. The first-order valence-electron chi connectivity index (χ1n) is 6.62. The van der Waals surface area contributed by atoms with Crippen LogP contribution < -0.4 is 10.5 Å². The number of benzene rings is 1. The van der Waals surface area contributed by atoms with E-state index < -0.39 is 0 Å². The van der Waals surface area contributed by atoms with Gasteiger partial charge in [0.05, 0.1) is 6.61 Å². The van der Waals surface area contributed by atoms with Crippen LogP contribution in [-0.2, 0) is 0 Å². The zero-order chi connectivity index (χ0) is 13.9. The van der Waals surface area contributed by atoms with Crippen molar-refractivity contribution in [1.29, 1.82) is 0 Å². The van der Waals surface area contributed by atoms with Gasteiger partial charge in [-0.05, 0) is 30.7 Å². The molecule has 0 atom stereocenters. The van der Waals surface area contributed by atoms with Crippen molar-refractivity contribution in [2.24, 2.45) is 0 Å². The number of hydrogen-bond donors (Lipinski definition) is 1. The summed E-state index contributed by atoms with van der Waals surface area (Å²) in [5.74, 6) is 1.51. The van der Waals surface area contributed by atoms with Crippen LogP contribution in [-0.4, -0.2) is 21.2 Å². The fourth-order valence-electron chi connectivity index (χ4n) is 2.09. The van der Waals surface area contributed by atoms with Crippen molar-refractivity contribution in [2.45, 2.75) is 13.3 Å². The number of pyridine rings is 1. The van der Waals surface area contributed by atoms with Gasteiger partial charge in [0.15, 0.2) is 11.6 Å². The van der Waals surface area contributed by atoms with E-state index in [1.54, 1.807) is 0 Å². The predicted octanol–water partition coefficient (Wildman–Crippen LogP) is 2.77. The predicted molar refractivity (Wildman–Crippen MR) is 78.6 cm³/mol. The molecule has 5 nitrogen and oxygen atoms in total. The summed E-state index contributed by atoms with van der Waals surface area (Å²) in [7, 11) is 0. The molecule has 2 heterocycles. The van der Waals surface area contributed by atoms with E-state index >= 15 is 0 Å². The van der Waals surface area contributed by atoms with E-state index in [2.05, 4.69) is 17.1 Å². The molecule has 0 aliphatic heterocycles. The molecule has 3 rings (SSSR count). The van der Waals surface area contributed by atoms with E-state index in [1.165, 1.54) is 0 Å². The molecule has 20 heavy (non-hydrogen) atoms. The molecule has 0 bridgehead atoms. The summed E-state index contributed by atoms with van der Waals surface area (Å²) < 4.78 is 7.61. The van der Waals surface area contributed by atoms with Gasteiger partial charge in [0, 0.05) is 17.4 Å². The van der Waals surface area contributed by atoms with Gasteiger partial charge in [0.2, 0.25) is 5.65 Å². The van der Waals surface area contributed by atoms with Crippen LogP contribution in [0.4, 0.5) is 5.69 Å². The second-order valence-electron chi connectivity index (χ2n) is 4.56. The van der Waals surface area contributed by atoms with Crippen LogP contribution in [0.25, 0.3) is 17.0 Å². The van der Waals surface area contributed by atoms with Crippen molar-refractivity contribution < 1.29 is 4.74 Å². The summed E-state index contributed by atoms with van der Waals surface area (Å²) in [6.45, 7) is 2.74. The summed E-state index contributed by atoms with van der Waals surface area (Å²) in [6.07, 6.45) is 2.88. The molecule has 3 aromatic rings. The van der Waals surface area contributed by atoms with Crippen LogP contribution in [0.5, 0.6) is 5.75 Å². The van der Waals surface area contributed by atoms with Crippen LogP contribution in [0.15, 0.2) is 42.6 Å². The first-order chi connectivity index (χ1) is 9.79. The van der Waals surface area contributed by atoms with E-state index in [-0.39, 0.29) is 0 Å². The topological polar surface area (TPSA) is 65.4 Å². The molecule has 0 radical (unpaired) electrons. The van der Waals surface area contributed by atoms with Gasteiger partial charge < -0.3 is 10.5 Å². The Balaban J connectivity index is 2.10. The number of nitrogen functional groups attached to an aromatic ring is 1. The molecule has 0 aliphatic carbocycles. The second kappa shape index (κ2) is 5.21.